The Morgan fingerprint density at radius 1 is 1.32 bits per heavy atom. The molecule has 3 aromatic heterocycles. The molecule has 0 atom stereocenters. The molecule has 0 spiro atoms. The van der Waals surface area contributed by atoms with E-state index in [0.717, 1.165) is 9.86 Å². The molecule has 0 aliphatic heterocycles. The molecule has 0 aliphatic carbocycles. The summed E-state index contributed by atoms with van der Waals surface area (Å²) in [5.41, 5.74) is 2.98. The van der Waals surface area contributed by atoms with Crippen LogP contribution in [0.2, 0.25) is 5.02 Å². The van der Waals surface area contributed by atoms with Crippen LogP contribution in [-0.2, 0) is 4.79 Å². The zero-order chi connectivity index (χ0) is 20.0. The number of rotatable bonds is 4. The molecule has 0 saturated carbocycles. The van der Waals surface area contributed by atoms with E-state index < -0.39 is 0 Å². The van der Waals surface area contributed by atoms with E-state index in [2.05, 4.69) is 26.2 Å². The van der Waals surface area contributed by atoms with Gasteiger partial charge in [0.05, 0.1) is 27.7 Å². The van der Waals surface area contributed by atoms with Crippen LogP contribution in [0, 0.1) is 5.92 Å². The number of aromatic nitrogens is 2. The largest absolute Gasteiger partial charge is 0.496 e. The highest BCUT2D eigenvalue weighted by Crippen LogP contribution is 2.41. The van der Waals surface area contributed by atoms with Crippen molar-refractivity contribution in [1.29, 1.82) is 0 Å². The molecule has 1 N–H and O–H groups in total. The summed E-state index contributed by atoms with van der Waals surface area (Å²) >= 11 is 11.4. The first-order chi connectivity index (χ1) is 13.4. The molecule has 0 aliphatic rings. The number of furan rings is 1. The summed E-state index contributed by atoms with van der Waals surface area (Å²) < 4.78 is 12.0. The van der Waals surface area contributed by atoms with Gasteiger partial charge < -0.3 is 14.5 Å². The summed E-state index contributed by atoms with van der Waals surface area (Å²) in [6.07, 6.45) is 0. The predicted molar refractivity (Wildman–Crippen MR) is 115 cm³/mol. The third-order valence-electron chi connectivity index (χ3n) is 4.19. The fourth-order valence-electron chi connectivity index (χ4n) is 2.71. The standard InChI is InChI=1S/C19H15BrClN3O3S/c1-8(2)18(25)24-19-23-11(7-28-19)10-6-9(21)17-16(22-10)14-12(27-17)4-5-13(26-3)15(14)20/h4-8H,1-3H3,(H,23,24,25). The Hall–Kier alpha value is -2.16. The van der Waals surface area contributed by atoms with E-state index in [0.29, 0.717) is 44.0 Å². The molecule has 0 unspecified atom stereocenters. The first-order valence-corrected chi connectivity index (χ1v) is 10.5. The fraction of sp³-hybridized carbons (Fsp3) is 0.211. The Bertz CT molecular complexity index is 1220. The van der Waals surface area contributed by atoms with E-state index in [4.69, 9.17) is 25.7 Å². The van der Waals surface area contributed by atoms with Crippen LogP contribution in [0.15, 0.2) is 32.5 Å². The number of fused-ring (bicyclic) bond motifs is 3. The number of carbonyl (C=O) groups is 1. The van der Waals surface area contributed by atoms with Crippen molar-refractivity contribution in [1.82, 2.24) is 9.97 Å². The number of hydrogen-bond acceptors (Lipinski definition) is 6. The van der Waals surface area contributed by atoms with E-state index in [1.807, 2.05) is 31.4 Å². The van der Waals surface area contributed by atoms with Crippen molar-refractivity contribution < 1.29 is 13.9 Å². The molecule has 4 aromatic rings. The third kappa shape index (κ3) is 3.25. The van der Waals surface area contributed by atoms with Crippen LogP contribution < -0.4 is 10.1 Å². The zero-order valence-corrected chi connectivity index (χ0v) is 18.3. The van der Waals surface area contributed by atoms with E-state index in [1.165, 1.54) is 11.3 Å². The topological polar surface area (TPSA) is 77.2 Å². The number of benzene rings is 1. The van der Waals surface area contributed by atoms with Gasteiger partial charge in [0.2, 0.25) is 5.91 Å². The molecule has 0 saturated heterocycles. The maximum Gasteiger partial charge on any atom is 0.228 e. The summed E-state index contributed by atoms with van der Waals surface area (Å²) in [4.78, 5) is 21.1. The SMILES string of the molecule is COc1ccc2oc3c(Cl)cc(-c4csc(NC(=O)C(C)C)n4)nc3c2c1Br. The van der Waals surface area contributed by atoms with Gasteiger partial charge >= 0.3 is 0 Å². The minimum atomic E-state index is -0.124. The number of nitrogens with one attached hydrogen (secondary N) is 1. The number of nitrogens with zero attached hydrogens (tertiary/aromatic N) is 2. The van der Waals surface area contributed by atoms with Crippen LogP contribution in [0.3, 0.4) is 0 Å². The van der Waals surface area contributed by atoms with E-state index >= 15 is 0 Å². The average molecular weight is 481 g/mol. The maximum atomic E-state index is 11.9. The number of methoxy groups -OCH3 is 1. The molecule has 9 heteroatoms. The lowest BCUT2D eigenvalue weighted by atomic mass is 10.2. The quantitative estimate of drug-likeness (QED) is 0.380. The summed E-state index contributed by atoms with van der Waals surface area (Å²) in [6.45, 7) is 3.66. The van der Waals surface area contributed by atoms with Gasteiger partial charge in [-0.15, -0.1) is 11.3 Å². The summed E-state index contributed by atoms with van der Waals surface area (Å²) in [7, 11) is 1.60. The average Bonchev–Trinajstić information content (AvgIpc) is 3.27. The van der Waals surface area contributed by atoms with Gasteiger partial charge in [-0.05, 0) is 34.1 Å². The summed E-state index contributed by atoms with van der Waals surface area (Å²) in [6, 6.07) is 5.34. The molecule has 0 radical (unpaired) electrons. The van der Waals surface area contributed by atoms with Crippen LogP contribution in [0.4, 0.5) is 5.13 Å². The van der Waals surface area contributed by atoms with Crippen LogP contribution in [0.25, 0.3) is 33.5 Å². The number of amides is 1. The van der Waals surface area contributed by atoms with Gasteiger partial charge in [0, 0.05) is 11.3 Å². The minimum Gasteiger partial charge on any atom is -0.496 e. The number of carbonyl (C=O) groups excluding carboxylic acids is 1. The van der Waals surface area contributed by atoms with Gasteiger partial charge in [-0.2, -0.15) is 0 Å². The van der Waals surface area contributed by atoms with Crippen molar-refractivity contribution in [3.05, 3.63) is 33.1 Å². The number of anilines is 1. The Kier molecular flexibility index (Phi) is 5.03. The molecule has 28 heavy (non-hydrogen) atoms. The second kappa shape index (κ2) is 7.35. The number of pyridine rings is 1. The Morgan fingerprint density at radius 2 is 2.11 bits per heavy atom. The van der Waals surface area contributed by atoms with E-state index in [9.17, 15) is 4.79 Å². The van der Waals surface area contributed by atoms with Crippen molar-refractivity contribution in [3.8, 4) is 17.1 Å². The number of thiazole rings is 1. The molecular weight excluding hydrogens is 466 g/mol. The Balaban J connectivity index is 1.84. The molecule has 0 fully saturated rings. The monoisotopic (exact) mass is 479 g/mol. The highest BCUT2D eigenvalue weighted by molar-refractivity contribution is 9.10. The Morgan fingerprint density at radius 3 is 2.82 bits per heavy atom. The highest BCUT2D eigenvalue weighted by atomic mass is 79.9. The van der Waals surface area contributed by atoms with Crippen LogP contribution in [0.5, 0.6) is 5.75 Å². The minimum absolute atomic E-state index is 0.0841. The second-order valence-electron chi connectivity index (χ2n) is 6.41. The van der Waals surface area contributed by atoms with Gasteiger partial charge in [0.25, 0.3) is 0 Å². The molecule has 1 aromatic carbocycles. The first-order valence-electron chi connectivity index (χ1n) is 8.41. The molecule has 4 rings (SSSR count). The van der Waals surface area contributed by atoms with Gasteiger partial charge in [0.1, 0.15) is 22.5 Å². The van der Waals surface area contributed by atoms with Crippen LogP contribution >= 0.6 is 38.9 Å². The first kappa shape index (κ1) is 19.2. The molecule has 0 bridgehead atoms. The van der Waals surface area contributed by atoms with E-state index in [-0.39, 0.29) is 11.8 Å². The van der Waals surface area contributed by atoms with Crippen molar-refractivity contribution in [3.63, 3.8) is 0 Å². The summed E-state index contributed by atoms with van der Waals surface area (Å²) in [5.74, 6) is 0.464. The lowest BCUT2D eigenvalue weighted by Crippen LogP contribution is -2.17. The Labute approximate surface area is 178 Å². The van der Waals surface area contributed by atoms with Crippen molar-refractivity contribution in [2.45, 2.75) is 13.8 Å². The van der Waals surface area contributed by atoms with Gasteiger partial charge in [0.15, 0.2) is 10.7 Å². The molecule has 6 nitrogen and oxygen atoms in total. The molecule has 1 amide bonds. The molecule has 3 heterocycles. The highest BCUT2D eigenvalue weighted by Gasteiger charge is 2.19. The molecule has 144 valence electrons. The maximum absolute atomic E-state index is 11.9. The van der Waals surface area contributed by atoms with Crippen LogP contribution in [0.1, 0.15) is 13.8 Å². The summed E-state index contributed by atoms with van der Waals surface area (Å²) in [5, 5.41) is 6.36. The number of ether oxygens (including phenoxy) is 1. The van der Waals surface area contributed by atoms with Gasteiger partial charge in [-0.1, -0.05) is 25.4 Å². The number of halogens is 2. The zero-order valence-electron chi connectivity index (χ0n) is 15.2. The normalized spacial score (nSPS) is 11.5. The van der Waals surface area contributed by atoms with Crippen LogP contribution in [-0.4, -0.2) is 23.0 Å². The van der Waals surface area contributed by atoms with Crippen molar-refractivity contribution >= 4 is 72.0 Å². The number of hydrogen-bond donors (Lipinski definition) is 1. The second-order valence-corrected chi connectivity index (χ2v) is 8.46. The third-order valence-corrected chi connectivity index (χ3v) is 6.01. The fourth-order valence-corrected chi connectivity index (χ4v) is 4.33. The van der Waals surface area contributed by atoms with Crippen molar-refractivity contribution in [2.24, 2.45) is 5.92 Å². The molecular formula is C19H15BrClN3O3S. The predicted octanol–water partition coefficient (Wildman–Crippen LogP) is 6.12. The van der Waals surface area contributed by atoms with Crippen molar-refractivity contribution in [2.75, 3.05) is 12.4 Å². The van der Waals surface area contributed by atoms with Gasteiger partial charge in [-0.25, -0.2) is 9.97 Å². The lowest BCUT2D eigenvalue weighted by Gasteiger charge is -2.04. The lowest BCUT2D eigenvalue weighted by molar-refractivity contribution is -0.118. The smallest absolute Gasteiger partial charge is 0.228 e. The van der Waals surface area contributed by atoms with Gasteiger partial charge in [-0.3, -0.25) is 4.79 Å². The van der Waals surface area contributed by atoms with E-state index in [1.54, 1.807) is 13.2 Å².